The van der Waals surface area contributed by atoms with Crippen molar-refractivity contribution in [3.8, 4) is 11.5 Å². The van der Waals surface area contributed by atoms with E-state index in [0.717, 1.165) is 6.07 Å². The number of nitro benzene ring substituents is 1. The second-order valence-corrected chi connectivity index (χ2v) is 3.43. The second-order valence-electron chi connectivity index (χ2n) is 3.43. The number of nitro groups is 1. The number of benzene rings is 1. The molecule has 9 nitrogen and oxygen atoms in total. The first-order chi connectivity index (χ1) is 9.11. The highest BCUT2D eigenvalue weighted by Crippen LogP contribution is 2.33. The third kappa shape index (κ3) is 2.65. The highest BCUT2D eigenvalue weighted by molar-refractivity contribution is 5.86. The van der Waals surface area contributed by atoms with E-state index < -0.39 is 16.4 Å². The van der Waals surface area contributed by atoms with Crippen molar-refractivity contribution in [3.05, 3.63) is 40.5 Å². The third-order valence-electron chi connectivity index (χ3n) is 2.26. The topological polar surface area (TPSA) is 116 Å². The first kappa shape index (κ1) is 12.5. The molecule has 19 heavy (non-hydrogen) atoms. The first-order valence-corrected chi connectivity index (χ1v) is 5.06. The Morgan fingerprint density at radius 2 is 2.16 bits per heavy atom. The number of aromatic hydroxyl groups is 1. The molecule has 0 unspecified atom stereocenters. The molecular formula is C10H9N5O4. The standard InChI is InChI=1S/C10H9N5O4/c1-19-8-2-7(4-13-14-5-11-12-6-14)10(16)9(3-8)15(17)18/h2-6,16H,1H3/b13-4+. The minimum absolute atomic E-state index is 0.153. The van der Waals surface area contributed by atoms with E-state index in [1.165, 1.54) is 36.7 Å². The quantitative estimate of drug-likeness (QED) is 0.495. The summed E-state index contributed by atoms with van der Waals surface area (Å²) in [5.74, 6) is -0.239. The fourth-order valence-electron chi connectivity index (χ4n) is 1.35. The summed E-state index contributed by atoms with van der Waals surface area (Å²) in [6, 6.07) is 2.56. The molecule has 0 amide bonds. The Labute approximate surface area is 106 Å². The Balaban J connectivity index is 2.44. The van der Waals surface area contributed by atoms with Gasteiger partial charge >= 0.3 is 5.69 Å². The zero-order valence-corrected chi connectivity index (χ0v) is 9.79. The Hall–Kier alpha value is -2.97. The predicted octanol–water partition coefficient (Wildman–Crippen LogP) is 0.783. The minimum Gasteiger partial charge on any atom is -0.502 e. The average Bonchev–Trinajstić information content (AvgIpc) is 2.90. The molecule has 0 aliphatic rings. The number of hydrogen-bond acceptors (Lipinski definition) is 7. The van der Waals surface area contributed by atoms with Crippen LogP contribution in [0.5, 0.6) is 11.5 Å². The van der Waals surface area contributed by atoms with E-state index in [0.29, 0.717) is 0 Å². The number of hydrogen-bond donors (Lipinski definition) is 1. The summed E-state index contributed by atoms with van der Waals surface area (Å²) in [7, 11) is 1.37. The van der Waals surface area contributed by atoms with Gasteiger partial charge in [-0.05, 0) is 6.07 Å². The number of methoxy groups -OCH3 is 1. The maximum absolute atomic E-state index is 10.8. The fourth-order valence-corrected chi connectivity index (χ4v) is 1.35. The van der Waals surface area contributed by atoms with Crippen molar-refractivity contribution in [3.63, 3.8) is 0 Å². The molecular weight excluding hydrogens is 254 g/mol. The normalized spacial score (nSPS) is 10.8. The van der Waals surface area contributed by atoms with Crippen LogP contribution in [0.4, 0.5) is 5.69 Å². The van der Waals surface area contributed by atoms with Crippen molar-refractivity contribution in [2.24, 2.45) is 5.10 Å². The number of phenolic OH excluding ortho intramolecular Hbond substituents is 1. The van der Waals surface area contributed by atoms with E-state index in [4.69, 9.17) is 4.74 Å². The van der Waals surface area contributed by atoms with Gasteiger partial charge in [-0.3, -0.25) is 10.1 Å². The molecule has 2 rings (SSSR count). The van der Waals surface area contributed by atoms with Crippen LogP contribution in [0.3, 0.4) is 0 Å². The van der Waals surface area contributed by atoms with Gasteiger partial charge in [0.1, 0.15) is 18.4 Å². The van der Waals surface area contributed by atoms with Crippen LogP contribution >= 0.6 is 0 Å². The van der Waals surface area contributed by atoms with Gasteiger partial charge < -0.3 is 9.84 Å². The van der Waals surface area contributed by atoms with Crippen LogP contribution < -0.4 is 4.74 Å². The third-order valence-corrected chi connectivity index (χ3v) is 2.26. The van der Waals surface area contributed by atoms with E-state index in [-0.39, 0.29) is 11.3 Å². The van der Waals surface area contributed by atoms with Gasteiger partial charge in [-0.15, -0.1) is 10.2 Å². The van der Waals surface area contributed by atoms with Gasteiger partial charge in [0.2, 0.25) is 5.75 Å². The SMILES string of the molecule is COc1cc(/C=N/n2cnnc2)c(O)c([N+](=O)[O-])c1. The summed E-state index contributed by atoms with van der Waals surface area (Å²) in [6.07, 6.45) is 3.92. The van der Waals surface area contributed by atoms with Crippen LogP contribution in [-0.4, -0.2) is 38.2 Å². The van der Waals surface area contributed by atoms with Crippen molar-refractivity contribution in [2.75, 3.05) is 7.11 Å². The van der Waals surface area contributed by atoms with E-state index >= 15 is 0 Å². The molecule has 0 aliphatic heterocycles. The van der Waals surface area contributed by atoms with Crippen molar-refractivity contribution in [2.45, 2.75) is 0 Å². The molecule has 0 aliphatic carbocycles. The molecule has 1 N–H and O–H groups in total. The maximum atomic E-state index is 10.8. The predicted molar refractivity (Wildman–Crippen MR) is 64.3 cm³/mol. The van der Waals surface area contributed by atoms with Crippen LogP contribution in [0.1, 0.15) is 5.56 Å². The molecule has 0 radical (unpaired) electrons. The summed E-state index contributed by atoms with van der Waals surface area (Å²) in [6.45, 7) is 0. The molecule has 1 aromatic heterocycles. The Morgan fingerprint density at radius 3 is 2.74 bits per heavy atom. The zero-order valence-electron chi connectivity index (χ0n) is 9.79. The monoisotopic (exact) mass is 263 g/mol. The molecule has 1 aromatic carbocycles. The smallest absolute Gasteiger partial charge is 0.315 e. The summed E-state index contributed by atoms with van der Waals surface area (Å²) in [5, 5.41) is 31.6. The summed E-state index contributed by atoms with van der Waals surface area (Å²) >= 11 is 0. The number of ether oxygens (including phenoxy) is 1. The number of rotatable bonds is 4. The molecule has 0 fully saturated rings. The van der Waals surface area contributed by atoms with Crippen molar-refractivity contribution in [1.29, 1.82) is 0 Å². The molecule has 0 bridgehead atoms. The van der Waals surface area contributed by atoms with E-state index in [9.17, 15) is 15.2 Å². The Kier molecular flexibility index (Phi) is 3.37. The maximum Gasteiger partial charge on any atom is 0.315 e. The molecule has 0 saturated heterocycles. The Morgan fingerprint density at radius 1 is 1.47 bits per heavy atom. The average molecular weight is 263 g/mol. The van der Waals surface area contributed by atoms with Crippen molar-refractivity contribution in [1.82, 2.24) is 14.9 Å². The minimum atomic E-state index is -0.700. The Bertz CT molecular complexity index is 623. The molecule has 0 atom stereocenters. The summed E-state index contributed by atoms with van der Waals surface area (Å²) < 4.78 is 6.21. The number of phenols is 1. The molecule has 2 aromatic rings. The first-order valence-electron chi connectivity index (χ1n) is 5.06. The van der Waals surface area contributed by atoms with E-state index in [1.54, 1.807) is 0 Å². The highest BCUT2D eigenvalue weighted by Gasteiger charge is 2.18. The lowest BCUT2D eigenvalue weighted by Gasteiger charge is -2.04. The lowest BCUT2D eigenvalue weighted by Crippen LogP contribution is -1.95. The number of aromatic nitrogens is 3. The van der Waals surface area contributed by atoms with Gasteiger partial charge in [-0.1, -0.05) is 0 Å². The number of nitrogens with zero attached hydrogens (tertiary/aromatic N) is 5. The molecule has 0 spiro atoms. The lowest BCUT2D eigenvalue weighted by atomic mass is 10.1. The van der Waals surface area contributed by atoms with E-state index in [1.807, 2.05) is 0 Å². The molecule has 9 heteroatoms. The van der Waals surface area contributed by atoms with Crippen LogP contribution in [0.25, 0.3) is 0 Å². The van der Waals surface area contributed by atoms with Crippen LogP contribution in [0, 0.1) is 10.1 Å². The van der Waals surface area contributed by atoms with Crippen LogP contribution in [0.15, 0.2) is 29.9 Å². The molecule has 98 valence electrons. The second kappa shape index (κ2) is 5.12. The summed E-state index contributed by atoms with van der Waals surface area (Å²) in [5.41, 5.74) is -0.302. The molecule has 1 heterocycles. The summed E-state index contributed by atoms with van der Waals surface area (Å²) in [4.78, 5) is 10.1. The van der Waals surface area contributed by atoms with Gasteiger partial charge in [0.25, 0.3) is 0 Å². The zero-order chi connectivity index (χ0) is 13.8. The highest BCUT2D eigenvalue weighted by atomic mass is 16.6. The fraction of sp³-hybridized carbons (Fsp3) is 0.100. The van der Waals surface area contributed by atoms with Gasteiger partial charge in [0.05, 0.1) is 24.3 Å². The van der Waals surface area contributed by atoms with Gasteiger partial charge in [0, 0.05) is 5.56 Å². The van der Waals surface area contributed by atoms with E-state index in [2.05, 4.69) is 15.3 Å². The lowest BCUT2D eigenvalue weighted by molar-refractivity contribution is -0.385. The van der Waals surface area contributed by atoms with Crippen molar-refractivity contribution < 1.29 is 14.8 Å². The van der Waals surface area contributed by atoms with Gasteiger partial charge in [0.15, 0.2) is 0 Å². The van der Waals surface area contributed by atoms with Crippen molar-refractivity contribution >= 4 is 11.9 Å². The molecule has 0 saturated carbocycles. The largest absolute Gasteiger partial charge is 0.502 e. The van der Waals surface area contributed by atoms with Crippen LogP contribution in [0.2, 0.25) is 0 Å². The van der Waals surface area contributed by atoms with Gasteiger partial charge in [-0.25, -0.2) is 4.68 Å². The van der Waals surface area contributed by atoms with Crippen LogP contribution in [-0.2, 0) is 0 Å². The van der Waals surface area contributed by atoms with Gasteiger partial charge in [-0.2, -0.15) is 5.10 Å².